The maximum absolute atomic E-state index is 8.93. The maximum Gasteiger partial charge on any atom is 2.00 e. The van der Waals surface area contributed by atoms with Gasteiger partial charge in [-0.15, -0.1) is 6.61 Å². The topological polar surface area (TPSA) is 83.1 Å². The van der Waals surface area contributed by atoms with Crippen molar-refractivity contribution < 1.29 is 67.4 Å². The second-order valence-corrected chi connectivity index (χ2v) is 0.289. The molecule has 0 aliphatic heterocycles. The van der Waals surface area contributed by atoms with Crippen LogP contribution in [0.25, 0.3) is 0 Å². The van der Waals surface area contributed by atoms with Gasteiger partial charge in [-0.2, -0.15) is 0 Å². The first kappa shape index (κ1) is 34.7. The molecule has 0 amide bonds. The van der Waals surface area contributed by atoms with Crippen LogP contribution in [-0.2, 0) is 0 Å². The zero-order valence-corrected chi connectivity index (χ0v) is 9.25. The van der Waals surface area contributed by atoms with Crippen molar-refractivity contribution in [2.24, 2.45) is 0 Å². The third-order valence-corrected chi connectivity index (χ3v) is 0. The van der Waals surface area contributed by atoms with Crippen molar-refractivity contribution in [1.29, 1.82) is 0 Å². The SMILES string of the molecule is CC[O-].[K+].[Mg+2].[OH-].[OH-]. The molecule has 0 bridgehead atoms. The van der Waals surface area contributed by atoms with Crippen molar-refractivity contribution in [3.8, 4) is 0 Å². The van der Waals surface area contributed by atoms with Gasteiger partial charge < -0.3 is 16.1 Å². The minimum atomic E-state index is 0. The first-order valence-electron chi connectivity index (χ1n) is 0.996. The van der Waals surface area contributed by atoms with E-state index in [1.165, 1.54) is 0 Å². The molecule has 5 heteroatoms. The summed E-state index contributed by atoms with van der Waals surface area (Å²) in [5, 5.41) is 8.93. The van der Waals surface area contributed by atoms with Crippen molar-refractivity contribution in [2.45, 2.75) is 6.92 Å². The summed E-state index contributed by atoms with van der Waals surface area (Å²) in [5.74, 6) is 0. The van der Waals surface area contributed by atoms with Gasteiger partial charge in [0, 0.05) is 0 Å². The molecule has 0 atom stereocenters. The fourth-order valence-electron chi connectivity index (χ4n) is 0. The van der Waals surface area contributed by atoms with Gasteiger partial charge in [-0.3, -0.25) is 0 Å². The van der Waals surface area contributed by atoms with Crippen LogP contribution in [0.5, 0.6) is 0 Å². The predicted molar refractivity (Wildman–Crippen MR) is 20.2 cm³/mol. The summed E-state index contributed by atoms with van der Waals surface area (Å²) in [5.41, 5.74) is 0. The Kier molecular flexibility index (Phi) is 202. The second kappa shape index (κ2) is 40.8. The van der Waals surface area contributed by atoms with E-state index in [2.05, 4.69) is 0 Å². The van der Waals surface area contributed by atoms with E-state index >= 15 is 0 Å². The average molecular weight is 142 g/mol. The van der Waals surface area contributed by atoms with Gasteiger partial charge in [0.05, 0.1) is 0 Å². The van der Waals surface area contributed by atoms with E-state index in [1.54, 1.807) is 6.92 Å². The Morgan fingerprint density at radius 1 is 1.29 bits per heavy atom. The molecule has 0 heterocycles. The molecule has 0 unspecified atom stereocenters. The Balaban J connectivity index is -0.00000000333. The van der Waals surface area contributed by atoms with Crippen LogP contribution in [0.15, 0.2) is 0 Å². The van der Waals surface area contributed by atoms with E-state index in [0.717, 1.165) is 0 Å². The third kappa shape index (κ3) is 62.7. The number of hydrogen-bond donors (Lipinski definition) is 0. The van der Waals surface area contributed by atoms with Gasteiger partial charge in [-0.05, 0) is 0 Å². The first-order chi connectivity index (χ1) is 1.41. The quantitative estimate of drug-likeness (QED) is 0.321. The summed E-state index contributed by atoms with van der Waals surface area (Å²) in [4.78, 5) is 0. The summed E-state index contributed by atoms with van der Waals surface area (Å²) >= 11 is 0. The van der Waals surface area contributed by atoms with Gasteiger partial charge in [0.2, 0.25) is 0 Å². The number of hydrogen-bond acceptors (Lipinski definition) is 3. The van der Waals surface area contributed by atoms with Crippen molar-refractivity contribution in [1.82, 2.24) is 0 Å². The minimum absolute atomic E-state index is 0. The van der Waals surface area contributed by atoms with Gasteiger partial charge in [-0.1, -0.05) is 6.92 Å². The summed E-state index contributed by atoms with van der Waals surface area (Å²) in [6.07, 6.45) is 0. The van der Waals surface area contributed by atoms with Gasteiger partial charge in [0.1, 0.15) is 0 Å². The molecule has 0 aliphatic rings. The molecule has 0 aromatic carbocycles. The van der Waals surface area contributed by atoms with Crippen LogP contribution < -0.4 is 56.5 Å². The number of rotatable bonds is 0. The summed E-state index contributed by atoms with van der Waals surface area (Å²) < 4.78 is 0. The molecule has 2 N–H and O–H groups in total. The van der Waals surface area contributed by atoms with Gasteiger partial charge in [0.25, 0.3) is 0 Å². The molecular formula is C2H7KMgO3. The zero-order valence-electron chi connectivity index (χ0n) is 4.72. The fraction of sp³-hybridized carbons (Fsp3) is 1.00. The maximum atomic E-state index is 8.93. The Hall–Kier alpha value is 2.28. The van der Waals surface area contributed by atoms with Crippen LogP contribution >= 0.6 is 0 Å². The molecule has 0 saturated heterocycles. The predicted octanol–water partition coefficient (Wildman–Crippen LogP) is -4.36. The Bertz CT molecular complexity index is 12.9. The van der Waals surface area contributed by atoms with Crippen LogP contribution in [-0.4, -0.2) is 40.6 Å². The third-order valence-electron chi connectivity index (χ3n) is 0. The van der Waals surface area contributed by atoms with Crippen molar-refractivity contribution in [3.05, 3.63) is 0 Å². The van der Waals surface area contributed by atoms with Crippen molar-refractivity contribution in [3.63, 3.8) is 0 Å². The Morgan fingerprint density at radius 3 is 1.29 bits per heavy atom. The minimum Gasteiger partial charge on any atom is -0.870 e. The van der Waals surface area contributed by atoms with E-state index in [4.69, 9.17) is 5.11 Å². The average Bonchev–Trinajstić information content (AvgIpc) is 0.918. The standard InChI is InChI=1S/C2H5O.K.Mg.2H2O/c1-2-3;;;;/h2H2,1H3;;;2*1H2/q-1;+1;+2;;/p-2. The normalized spacial score (nSPS) is 2.57. The molecular weight excluding hydrogens is 135 g/mol. The smallest absolute Gasteiger partial charge is 0.870 e. The van der Waals surface area contributed by atoms with Crippen LogP contribution in [0.2, 0.25) is 0 Å². The van der Waals surface area contributed by atoms with E-state index in [9.17, 15) is 0 Å². The van der Waals surface area contributed by atoms with Crippen LogP contribution in [0.3, 0.4) is 0 Å². The largest absolute Gasteiger partial charge is 2.00 e. The molecule has 0 spiro atoms. The summed E-state index contributed by atoms with van der Waals surface area (Å²) in [6.45, 7) is 1.57. The van der Waals surface area contributed by atoms with Crippen molar-refractivity contribution in [2.75, 3.05) is 6.61 Å². The first-order valence-corrected chi connectivity index (χ1v) is 0.996. The van der Waals surface area contributed by atoms with Crippen LogP contribution in [0, 0.1) is 0 Å². The fourth-order valence-corrected chi connectivity index (χ4v) is 0. The molecule has 36 valence electrons. The van der Waals surface area contributed by atoms with Gasteiger partial charge in [0.15, 0.2) is 0 Å². The Labute approximate surface area is 102 Å². The van der Waals surface area contributed by atoms with Crippen LogP contribution in [0.4, 0.5) is 0 Å². The monoisotopic (exact) mass is 142 g/mol. The molecule has 0 aromatic rings. The van der Waals surface area contributed by atoms with Crippen LogP contribution in [0.1, 0.15) is 6.92 Å². The second-order valence-electron chi connectivity index (χ2n) is 0.289. The van der Waals surface area contributed by atoms with E-state index < -0.39 is 0 Å². The zero-order chi connectivity index (χ0) is 2.71. The summed E-state index contributed by atoms with van der Waals surface area (Å²) in [6, 6.07) is 0. The molecule has 0 saturated carbocycles. The van der Waals surface area contributed by atoms with Gasteiger partial charge >= 0.3 is 74.4 Å². The molecule has 0 fully saturated rings. The molecule has 0 aromatic heterocycles. The molecule has 3 nitrogen and oxygen atoms in total. The van der Waals surface area contributed by atoms with E-state index in [1.807, 2.05) is 0 Å². The molecule has 0 radical (unpaired) electrons. The van der Waals surface area contributed by atoms with E-state index in [-0.39, 0.29) is 92.0 Å². The van der Waals surface area contributed by atoms with Gasteiger partial charge in [-0.25, -0.2) is 0 Å². The van der Waals surface area contributed by atoms with Crippen molar-refractivity contribution >= 4 is 23.1 Å². The summed E-state index contributed by atoms with van der Waals surface area (Å²) in [7, 11) is 0. The van der Waals surface area contributed by atoms with E-state index in [0.29, 0.717) is 0 Å². The molecule has 0 aliphatic carbocycles. The molecule has 0 rings (SSSR count). The Morgan fingerprint density at radius 2 is 1.29 bits per heavy atom. The molecule has 7 heavy (non-hydrogen) atoms.